The van der Waals surface area contributed by atoms with Gasteiger partial charge in [-0.1, -0.05) is 19.8 Å². The minimum Gasteiger partial charge on any atom is -0.396 e. The summed E-state index contributed by atoms with van der Waals surface area (Å²) in [5.41, 5.74) is 0.569. The SMILES string of the molecule is CC1(CNCCCCO)CCCC1. The minimum absolute atomic E-state index is 0.332. The molecular weight excluding hydrogens is 162 g/mol. The maximum absolute atomic E-state index is 8.60. The number of unbranched alkanes of at least 4 members (excludes halogenated alkanes) is 1. The minimum atomic E-state index is 0.332. The number of rotatable bonds is 6. The van der Waals surface area contributed by atoms with Gasteiger partial charge in [-0.2, -0.15) is 0 Å². The fourth-order valence-corrected chi connectivity index (χ4v) is 2.16. The average Bonchev–Trinajstić information content (AvgIpc) is 2.53. The molecular formula is C11H23NO. The number of hydrogen-bond acceptors (Lipinski definition) is 2. The zero-order valence-electron chi connectivity index (χ0n) is 8.81. The van der Waals surface area contributed by atoms with Gasteiger partial charge < -0.3 is 10.4 Å². The largest absolute Gasteiger partial charge is 0.396 e. The molecule has 0 amide bonds. The monoisotopic (exact) mass is 185 g/mol. The van der Waals surface area contributed by atoms with E-state index in [4.69, 9.17) is 5.11 Å². The lowest BCUT2D eigenvalue weighted by molar-refractivity contribution is 0.278. The summed E-state index contributed by atoms with van der Waals surface area (Å²) in [5, 5.41) is 12.1. The van der Waals surface area contributed by atoms with Crippen molar-refractivity contribution < 1.29 is 5.11 Å². The Morgan fingerprint density at radius 2 is 1.92 bits per heavy atom. The van der Waals surface area contributed by atoms with E-state index in [0.29, 0.717) is 12.0 Å². The number of aliphatic hydroxyl groups is 1. The van der Waals surface area contributed by atoms with E-state index in [-0.39, 0.29) is 0 Å². The van der Waals surface area contributed by atoms with Crippen molar-refractivity contribution in [3.63, 3.8) is 0 Å². The summed E-state index contributed by atoms with van der Waals surface area (Å²) in [5.74, 6) is 0. The van der Waals surface area contributed by atoms with Crippen molar-refractivity contribution in [2.45, 2.75) is 45.4 Å². The fraction of sp³-hybridized carbons (Fsp3) is 1.00. The molecule has 2 nitrogen and oxygen atoms in total. The van der Waals surface area contributed by atoms with Gasteiger partial charge in [0.05, 0.1) is 0 Å². The lowest BCUT2D eigenvalue weighted by atomic mass is 9.89. The predicted octanol–water partition coefficient (Wildman–Crippen LogP) is 1.93. The van der Waals surface area contributed by atoms with Gasteiger partial charge in [0.15, 0.2) is 0 Å². The normalized spacial score (nSPS) is 20.8. The first kappa shape index (κ1) is 11.0. The van der Waals surface area contributed by atoms with Gasteiger partial charge in [0, 0.05) is 13.2 Å². The highest BCUT2D eigenvalue weighted by atomic mass is 16.2. The standard InChI is InChI=1S/C11H23NO/c1-11(6-2-3-7-11)10-12-8-4-5-9-13/h12-13H,2-10H2,1H3. The Hall–Kier alpha value is -0.0800. The molecule has 0 aromatic rings. The molecule has 1 aliphatic carbocycles. The molecule has 0 aliphatic heterocycles. The second-order valence-corrected chi connectivity index (χ2v) is 4.63. The summed E-state index contributed by atoms with van der Waals surface area (Å²) in [6.07, 6.45) is 7.64. The Balaban J connectivity index is 1.98. The molecule has 1 aliphatic rings. The third-order valence-electron chi connectivity index (χ3n) is 3.12. The van der Waals surface area contributed by atoms with E-state index in [9.17, 15) is 0 Å². The van der Waals surface area contributed by atoms with Crippen LogP contribution in [0, 0.1) is 5.41 Å². The van der Waals surface area contributed by atoms with Crippen LogP contribution in [0.15, 0.2) is 0 Å². The number of hydrogen-bond donors (Lipinski definition) is 2. The number of nitrogens with one attached hydrogen (secondary N) is 1. The van der Waals surface area contributed by atoms with Crippen molar-refractivity contribution in [2.75, 3.05) is 19.7 Å². The van der Waals surface area contributed by atoms with Gasteiger partial charge in [0.25, 0.3) is 0 Å². The van der Waals surface area contributed by atoms with E-state index >= 15 is 0 Å². The van der Waals surface area contributed by atoms with Crippen LogP contribution in [0.3, 0.4) is 0 Å². The maximum Gasteiger partial charge on any atom is 0.0431 e. The van der Waals surface area contributed by atoms with Crippen molar-refractivity contribution in [1.29, 1.82) is 0 Å². The molecule has 2 N–H and O–H groups in total. The Kier molecular flexibility index (Phi) is 4.74. The van der Waals surface area contributed by atoms with Crippen LogP contribution >= 0.6 is 0 Å². The zero-order chi connectivity index (χ0) is 9.57. The molecule has 0 bridgehead atoms. The summed E-state index contributed by atoms with van der Waals surface area (Å²) >= 11 is 0. The number of aliphatic hydroxyl groups excluding tert-OH is 1. The first-order valence-corrected chi connectivity index (χ1v) is 5.58. The first-order valence-electron chi connectivity index (χ1n) is 5.58. The van der Waals surface area contributed by atoms with Crippen molar-refractivity contribution in [3.05, 3.63) is 0 Å². The molecule has 0 radical (unpaired) electrons. The summed E-state index contributed by atoms with van der Waals surface area (Å²) in [6.45, 7) is 4.95. The fourth-order valence-electron chi connectivity index (χ4n) is 2.16. The molecule has 0 unspecified atom stereocenters. The van der Waals surface area contributed by atoms with E-state index in [1.165, 1.54) is 32.2 Å². The van der Waals surface area contributed by atoms with Crippen LogP contribution in [0.1, 0.15) is 45.4 Å². The van der Waals surface area contributed by atoms with E-state index in [2.05, 4.69) is 12.2 Å². The van der Waals surface area contributed by atoms with E-state index in [0.717, 1.165) is 19.4 Å². The van der Waals surface area contributed by atoms with Crippen LogP contribution in [0.5, 0.6) is 0 Å². The van der Waals surface area contributed by atoms with Gasteiger partial charge in [-0.05, 0) is 37.6 Å². The third kappa shape index (κ3) is 4.10. The smallest absolute Gasteiger partial charge is 0.0431 e. The molecule has 0 heterocycles. The molecule has 0 aromatic heterocycles. The lowest BCUT2D eigenvalue weighted by Crippen LogP contribution is -2.30. The average molecular weight is 185 g/mol. The second kappa shape index (κ2) is 5.61. The highest BCUT2D eigenvalue weighted by molar-refractivity contribution is 4.82. The Morgan fingerprint density at radius 3 is 2.54 bits per heavy atom. The van der Waals surface area contributed by atoms with Crippen molar-refractivity contribution in [1.82, 2.24) is 5.32 Å². The van der Waals surface area contributed by atoms with Crippen LogP contribution in [0.4, 0.5) is 0 Å². The molecule has 0 saturated heterocycles. The molecule has 0 spiro atoms. The Morgan fingerprint density at radius 1 is 1.23 bits per heavy atom. The van der Waals surface area contributed by atoms with Gasteiger partial charge in [0.2, 0.25) is 0 Å². The Bertz CT molecular complexity index is 130. The van der Waals surface area contributed by atoms with Crippen LogP contribution in [0.25, 0.3) is 0 Å². The highest BCUT2D eigenvalue weighted by Crippen LogP contribution is 2.36. The quantitative estimate of drug-likeness (QED) is 0.620. The zero-order valence-corrected chi connectivity index (χ0v) is 8.81. The molecule has 1 fully saturated rings. The van der Waals surface area contributed by atoms with E-state index < -0.39 is 0 Å². The topological polar surface area (TPSA) is 32.3 Å². The maximum atomic E-state index is 8.60. The summed E-state index contributed by atoms with van der Waals surface area (Å²) in [4.78, 5) is 0. The predicted molar refractivity (Wildman–Crippen MR) is 55.8 cm³/mol. The van der Waals surface area contributed by atoms with Crippen LogP contribution < -0.4 is 5.32 Å². The lowest BCUT2D eigenvalue weighted by Gasteiger charge is -2.23. The van der Waals surface area contributed by atoms with E-state index in [1.54, 1.807) is 0 Å². The second-order valence-electron chi connectivity index (χ2n) is 4.63. The summed E-state index contributed by atoms with van der Waals surface area (Å²) in [6, 6.07) is 0. The Labute approximate surface area is 81.7 Å². The molecule has 2 heteroatoms. The van der Waals surface area contributed by atoms with Crippen molar-refractivity contribution in [2.24, 2.45) is 5.41 Å². The highest BCUT2D eigenvalue weighted by Gasteiger charge is 2.27. The molecule has 1 saturated carbocycles. The third-order valence-corrected chi connectivity index (χ3v) is 3.12. The first-order chi connectivity index (χ1) is 6.27. The van der Waals surface area contributed by atoms with Crippen molar-refractivity contribution >= 4 is 0 Å². The van der Waals surface area contributed by atoms with Crippen LogP contribution in [-0.4, -0.2) is 24.8 Å². The van der Waals surface area contributed by atoms with Gasteiger partial charge >= 0.3 is 0 Å². The van der Waals surface area contributed by atoms with Gasteiger partial charge in [-0.25, -0.2) is 0 Å². The van der Waals surface area contributed by atoms with Gasteiger partial charge in [-0.3, -0.25) is 0 Å². The van der Waals surface area contributed by atoms with Crippen LogP contribution in [0.2, 0.25) is 0 Å². The van der Waals surface area contributed by atoms with Crippen LogP contribution in [-0.2, 0) is 0 Å². The molecule has 0 aromatic carbocycles. The summed E-state index contributed by atoms with van der Waals surface area (Å²) in [7, 11) is 0. The van der Waals surface area contributed by atoms with E-state index in [1.807, 2.05) is 0 Å². The summed E-state index contributed by atoms with van der Waals surface area (Å²) < 4.78 is 0. The van der Waals surface area contributed by atoms with Gasteiger partial charge in [-0.15, -0.1) is 0 Å². The van der Waals surface area contributed by atoms with Gasteiger partial charge in [0.1, 0.15) is 0 Å². The molecule has 78 valence electrons. The molecule has 13 heavy (non-hydrogen) atoms. The van der Waals surface area contributed by atoms with Crippen molar-refractivity contribution in [3.8, 4) is 0 Å². The molecule has 1 rings (SSSR count). The molecule has 0 atom stereocenters.